The van der Waals surface area contributed by atoms with Crippen LogP contribution in [0.4, 0.5) is 14.5 Å². The minimum Gasteiger partial charge on any atom is -0.457 e. The molecule has 0 aromatic heterocycles. The fourth-order valence-electron chi connectivity index (χ4n) is 1.54. The molecule has 0 radical (unpaired) electrons. The van der Waals surface area contributed by atoms with E-state index in [0.29, 0.717) is 0 Å². The molecule has 0 fully saturated rings. The summed E-state index contributed by atoms with van der Waals surface area (Å²) >= 11 is 0. The number of carbonyl (C=O) groups excluding carboxylic acids is 1. The van der Waals surface area contributed by atoms with Gasteiger partial charge in [0, 0.05) is 17.3 Å². The SMILES string of the molecule is Nc1ccccc1C(=O)OCc1ccc(F)cc1F. The molecule has 2 aromatic rings. The van der Waals surface area contributed by atoms with Crippen LogP contribution in [0.2, 0.25) is 0 Å². The zero-order valence-electron chi connectivity index (χ0n) is 9.90. The van der Waals surface area contributed by atoms with Crippen molar-refractivity contribution in [3.8, 4) is 0 Å². The molecule has 0 aliphatic carbocycles. The molecular weight excluding hydrogens is 252 g/mol. The summed E-state index contributed by atoms with van der Waals surface area (Å²) in [4.78, 5) is 11.7. The third-order valence-electron chi connectivity index (χ3n) is 2.55. The summed E-state index contributed by atoms with van der Waals surface area (Å²) in [5.41, 5.74) is 6.21. The van der Waals surface area contributed by atoms with Gasteiger partial charge in [-0.3, -0.25) is 0 Å². The van der Waals surface area contributed by atoms with Gasteiger partial charge in [0.1, 0.15) is 18.2 Å². The highest BCUT2D eigenvalue weighted by Gasteiger charge is 2.12. The fraction of sp³-hybridized carbons (Fsp3) is 0.0714. The Morgan fingerprint density at radius 3 is 2.58 bits per heavy atom. The van der Waals surface area contributed by atoms with E-state index in [1.165, 1.54) is 12.1 Å². The monoisotopic (exact) mass is 263 g/mol. The third-order valence-corrected chi connectivity index (χ3v) is 2.55. The van der Waals surface area contributed by atoms with Crippen molar-refractivity contribution < 1.29 is 18.3 Å². The number of ether oxygens (including phenoxy) is 1. The molecule has 0 saturated heterocycles. The van der Waals surface area contributed by atoms with Crippen molar-refractivity contribution in [3.05, 3.63) is 65.2 Å². The highest BCUT2D eigenvalue weighted by Crippen LogP contribution is 2.15. The first-order chi connectivity index (χ1) is 9.08. The molecule has 5 heteroatoms. The second-order valence-electron chi connectivity index (χ2n) is 3.90. The molecule has 2 aromatic carbocycles. The van der Waals surface area contributed by atoms with Crippen LogP contribution in [0.1, 0.15) is 15.9 Å². The lowest BCUT2D eigenvalue weighted by Gasteiger charge is -2.07. The first-order valence-corrected chi connectivity index (χ1v) is 5.53. The third kappa shape index (κ3) is 3.07. The van der Waals surface area contributed by atoms with Crippen molar-refractivity contribution in [2.24, 2.45) is 0 Å². The summed E-state index contributed by atoms with van der Waals surface area (Å²) in [6.07, 6.45) is 0. The van der Waals surface area contributed by atoms with Gasteiger partial charge in [0.25, 0.3) is 0 Å². The predicted octanol–water partition coefficient (Wildman–Crippen LogP) is 2.90. The largest absolute Gasteiger partial charge is 0.457 e. The van der Waals surface area contributed by atoms with Crippen molar-refractivity contribution in [1.82, 2.24) is 0 Å². The number of halogens is 2. The van der Waals surface area contributed by atoms with E-state index in [9.17, 15) is 13.6 Å². The molecule has 0 aliphatic rings. The summed E-state index contributed by atoms with van der Waals surface area (Å²) in [6.45, 7) is -0.278. The van der Waals surface area contributed by atoms with Crippen LogP contribution in [0.25, 0.3) is 0 Å². The van der Waals surface area contributed by atoms with Crippen molar-refractivity contribution >= 4 is 11.7 Å². The first kappa shape index (κ1) is 13.0. The molecule has 0 heterocycles. The Bertz CT molecular complexity index is 614. The van der Waals surface area contributed by atoms with Gasteiger partial charge in [0.05, 0.1) is 5.56 Å². The summed E-state index contributed by atoms with van der Waals surface area (Å²) in [7, 11) is 0. The van der Waals surface area contributed by atoms with Gasteiger partial charge in [-0.2, -0.15) is 0 Å². The lowest BCUT2D eigenvalue weighted by molar-refractivity contribution is 0.0470. The molecule has 2 rings (SSSR count). The minimum atomic E-state index is -0.756. The average Bonchev–Trinajstić information content (AvgIpc) is 2.38. The van der Waals surface area contributed by atoms with Gasteiger partial charge in [0.15, 0.2) is 0 Å². The van der Waals surface area contributed by atoms with Crippen LogP contribution in [-0.2, 0) is 11.3 Å². The Hall–Kier alpha value is -2.43. The number of para-hydroxylation sites is 1. The summed E-state index contributed by atoms with van der Waals surface area (Å²) in [6, 6.07) is 9.47. The highest BCUT2D eigenvalue weighted by atomic mass is 19.1. The number of nitrogens with two attached hydrogens (primary N) is 1. The fourth-order valence-corrected chi connectivity index (χ4v) is 1.54. The van der Waals surface area contributed by atoms with Crippen LogP contribution in [0.3, 0.4) is 0 Å². The molecule has 3 nitrogen and oxygen atoms in total. The standard InChI is InChI=1S/C14H11F2NO2/c15-10-6-5-9(12(16)7-10)8-19-14(18)11-3-1-2-4-13(11)17/h1-7H,8,17H2. The number of nitrogen functional groups attached to an aromatic ring is 1. The van der Waals surface area contributed by atoms with E-state index >= 15 is 0 Å². The Balaban J connectivity index is 2.07. The maximum atomic E-state index is 13.3. The molecule has 0 bridgehead atoms. The molecule has 0 saturated carbocycles. The molecule has 0 amide bonds. The Labute approximate surface area is 108 Å². The number of esters is 1. The summed E-state index contributed by atoms with van der Waals surface area (Å²) in [5.74, 6) is -2.09. The normalized spacial score (nSPS) is 10.2. The van der Waals surface area contributed by atoms with Crippen molar-refractivity contribution in [1.29, 1.82) is 0 Å². The van der Waals surface area contributed by atoms with Gasteiger partial charge in [-0.25, -0.2) is 13.6 Å². The highest BCUT2D eigenvalue weighted by molar-refractivity contribution is 5.94. The van der Waals surface area contributed by atoms with E-state index in [-0.39, 0.29) is 23.4 Å². The quantitative estimate of drug-likeness (QED) is 0.684. The zero-order chi connectivity index (χ0) is 13.8. The Morgan fingerprint density at radius 2 is 1.89 bits per heavy atom. The van der Waals surface area contributed by atoms with Crippen molar-refractivity contribution in [3.63, 3.8) is 0 Å². The van der Waals surface area contributed by atoms with E-state index in [4.69, 9.17) is 10.5 Å². The lowest BCUT2D eigenvalue weighted by atomic mass is 10.2. The van der Waals surface area contributed by atoms with Crippen molar-refractivity contribution in [2.75, 3.05) is 5.73 Å². The second kappa shape index (κ2) is 5.48. The van der Waals surface area contributed by atoms with Crippen LogP contribution < -0.4 is 5.73 Å². The molecular formula is C14H11F2NO2. The molecule has 0 atom stereocenters. The van der Waals surface area contributed by atoms with E-state index in [2.05, 4.69) is 0 Å². The number of hydrogen-bond acceptors (Lipinski definition) is 3. The minimum absolute atomic E-state index is 0.101. The lowest BCUT2D eigenvalue weighted by Crippen LogP contribution is -2.08. The van der Waals surface area contributed by atoms with E-state index < -0.39 is 17.6 Å². The maximum absolute atomic E-state index is 13.3. The van der Waals surface area contributed by atoms with Crippen LogP contribution in [-0.4, -0.2) is 5.97 Å². The van der Waals surface area contributed by atoms with Crippen LogP contribution in [0, 0.1) is 11.6 Å². The van der Waals surface area contributed by atoms with Crippen molar-refractivity contribution in [2.45, 2.75) is 6.61 Å². The number of benzene rings is 2. The number of carbonyl (C=O) groups is 1. The molecule has 0 spiro atoms. The second-order valence-corrected chi connectivity index (χ2v) is 3.90. The van der Waals surface area contributed by atoms with Gasteiger partial charge < -0.3 is 10.5 Å². The summed E-state index contributed by atoms with van der Waals surface area (Å²) in [5, 5.41) is 0. The van der Waals surface area contributed by atoms with Gasteiger partial charge in [0.2, 0.25) is 0 Å². The van der Waals surface area contributed by atoms with Gasteiger partial charge in [-0.15, -0.1) is 0 Å². The molecule has 19 heavy (non-hydrogen) atoms. The Morgan fingerprint density at radius 1 is 1.16 bits per heavy atom. The zero-order valence-corrected chi connectivity index (χ0v) is 9.90. The maximum Gasteiger partial charge on any atom is 0.340 e. The van der Waals surface area contributed by atoms with Gasteiger partial charge in [-0.1, -0.05) is 12.1 Å². The number of hydrogen-bond donors (Lipinski definition) is 1. The van der Waals surface area contributed by atoms with Gasteiger partial charge in [-0.05, 0) is 24.3 Å². The van der Waals surface area contributed by atoms with E-state index in [1.807, 2.05) is 0 Å². The topological polar surface area (TPSA) is 52.3 Å². The van der Waals surface area contributed by atoms with Crippen LogP contribution >= 0.6 is 0 Å². The van der Waals surface area contributed by atoms with Crippen LogP contribution in [0.15, 0.2) is 42.5 Å². The van der Waals surface area contributed by atoms with E-state index in [0.717, 1.165) is 12.1 Å². The summed E-state index contributed by atoms with van der Waals surface area (Å²) < 4.78 is 31.0. The average molecular weight is 263 g/mol. The number of rotatable bonds is 3. The van der Waals surface area contributed by atoms with E-state index in [1.54, 1.807) is 18.2 Å². The predicted molar refractivity (Wildman–Crippen MR) is 66.3 cm³/mol. The number of anilines is 1. The first-order valence-electron chi connectivity index (χ1n) is 5.53. The van der Waals surface area contributed by atoms with Gasteiger partial charge >= 0.3 is 5.97 Å². The smallest absolute Gasteiger partial charge is 0.340 e. The molecule has 98 valence electrons. The molecule has 2 N–H and O–H groups in total. The molecule has 0 aliphatic heterocycles. The molecule has 0 unspecified atom stereocenters. The Kier molecular flexibility index (Phi) is 3.75. The van der Waals surface area contributed by atoms with Crippen LogP contribution in [0.5, 0.6) is 0 Å².